The maximum absolute atomic E-state index is 11.9. The normalized spacial score (nSPS) is 13.7. The summed E-state index contributed by atoms with van der Waals surface area (Å²) in [7, 11) is 0. The molecule has 20 heavy (non-hydrogen) atoms. The molecule has 1 heterocycles. The lowest BCUT2D eigenvalue weighted by Gasteiger charge is -2.10. The van der Waals surface area contributed by atoms with Gasteiger partial charge in [0.1, 0.15) is 11.3 Å². The molecule has 1 aliphatic rings. The molecule has 0 amide bonds. The van der Waals surface area contributed by atoms with Crippen molar-refractivity contribution in [2.75, 3.05) is 6.61 Å². The van der Waals surface area contributed by atoms with Gasteiger partial charge in [0.15, 0.2) is 0 Å². The highest BCUT2D eigenvalue weighted by atomic mass is 35.5. The van der Waals surface area contributed by atoms with Crippen molar-refractivity contribution in [1.82, 2.24) is 0 Å². The Morgan fingerprint density at radius 2 is 2.10 bits per heavy atom. The highest BCUT2D eigenvalue weighted by Crippen LogP contribution is 2.34. The van der Waals surface area contributed by atoms with Crippen LogP contribution in [-0.2, 0) is 12.8 Å². The lowest BCUT2D eigenvalue weighted by molar-refractivity contribution is 0.309. The Hall–Kier alpha value is -1.48. The van der Waals surface area contributed by atoms with E-state index < -0.39 is 0 Å². The summed E-state index contributed by atoms with van der Waals surface area (Å²) < 4.78 is 11.1. The van der Waals surface area contributed by atoms with Gasteiger partial charge < -0.3 is 9.15 Å². The molecule has 106 valence electrons. The van der Waals surface area contributed by atoms with E-state index in [1.807, 2.05) is 6.07 Å². The maximum Gasteiger partial charge on any atom is 0.339 e. The molecular weight excluding hydrogens is 276 g/mol. The first kappa shape index (κ1) is 13.5. The molecule has 0 fully saturated rings. The fourth-order valence-electron chi connectivity index (χ4n) is 2.72. The first-order valence-electron chi connectivity index (χ1n) is 7.11. The van der Waals surface area contributed by atoms with Crippen LogP contribution in [0.5, 0.6) is 5.75 Å². The number of hydrogen-bond acceptors (Lipinski definition) is 3. The second kappa shape index (κ2) is 5.49. The molecule has 1 aliphatic carbocycles. The van der Waals surface area contributed by atoms with Crippen molar-refractivity contribution < 1.29 is 9.15 Å². The lowest BCUT2D eigenvalue weighted by Crippen LogP contribution is -2.07. The molecule has 3 nitrogen and oxygen atoms in total. The minimum atomic E-state index is -0.216. The SMILES string of the molecule is CCCCOc1cc2oc(=O)c3c(c2cc1Cl)CCC3. The van der Waals surface area contributed by atoms with Crippen LogP contribution in [0.3, 0.4) is 0 Å². The van der Waals surface area contributed by atoms with Gasteiger partial charge in [0.05, 0.1) is 11.6 Å². The largest absolute Gasteiger partial charge is 0.492 e. The number of aryl methyl sites for hydroxylation is 1. The summed E-state index contributed by atoms with van der Waals surface area (Å²) in [6, 6.07) is 3.61. The van der Waals surface area contributed by atoms with E-state index in [2.05, 4.69) is 6.92 Å². The summed E-state index contributed by atoms with van der Waals surface area (Å²) in [5, 5.41) is 1.53. The molecule has 1 aromatic heterocycles. The minimum absolute atomic E-state index is 0.216. The first-order valence-corrected chi connectivity index (χ1v) is 7.49. The highest BCUT2D eigenvalue weighted by Gasteiger charge is 2.20. The Morgan fingerprint density at radius 1 is 1.30 bits per heavy atom. The standard InChI is InChI=1S/C16H17ClO3/c1-2-3-7-19-15-9-14-12(8-13(15)17)10-5-4-6-11(10)16(18)20-14/h8-9H,2-7H2,1H3. The number of rotatable bonds is 4. The fourth-order valence-corrected chi connectivity index (χ4v) is 2.94. The highest BCUT2D eigenvalue weighted by molar-refractivity contribution is 6.32. The second-order valence-corrected chi connectivity index (χ2v) is 5.59. The fraction of sp³-hybridized carbons (Fsp3) is 0.438. The number of halogens is 1. The molecular formula is C16H17ClO3. The zero-order valence-electron chi connectivity index (χ0n) is 11.5. The third-order valence-electron chi connectivity index (χ3n) is 3.78. The lowest BCUT2D eigenvalue weighted by atomic mass is 10.1. The van der Waals surface area contributed by atoms with E-state index in [9.17, 15) is 4.79 Å². The zero-order chi connectivity index (χ0) is 14.1. The molecule has 0 spiro atoms. The summed E-state index contributed by atoms with van der Waals surface area (Å²) in [4.78, 5) is 11.9. The number of fused-ring (bicyclic) bond motifs is 3. The molecule has 0 radical (unpaired) electrons. The molecule has 0 atom stereocenters. The van der Waals surface area contributed by atoms with E-state index in [1.54, 1.807) is 6.07 Å². The molecule has 0 N–H and O–H groups in total. The molecule has 4 heteroatoms. The molecule has 3 rings (SSSR count). The van der Waals surface area contributed by atoms with Crippen molar-refractivity contribution in [2.24, 2.45) is 0 Å². The van der Waals surface area contributed by atoms with Gasteiger partial charge in [-0.3, -0.25) is 0 Å². The third kappa shape index (κ3) is 2.31. The van der Waals surface area contributed by atoms with Crippen molar-refractivity contribution in [2.45, 2.75) is 39.0 Å². The molecule has 0 saturated carbocycles. The van der Waals surface area contributed by atoms with Crippen LogP contribution in [0, 0.1) is 0 Å². The average Bonchev–Trinajstić information content (AvgIpc) is 2.91. The minimum Gasteiger partial charge on any atom is -0.492 e. The van der Waals surface area contributed by atoms with Crippen LogP contribution in [0.2, 0.25) is 5.02 Å². The number of ether oxygens (including phenoxy) is 1. The van der Waals surface area contributed by atoms with Crippen LogP contribution in [0.4, 0.5) is 0 Å². The Bertz CT molecular complexity index is 703. The first-order chi connectivity index (χ1) is 9.70. The van der Waals surface area contributed by atoms with Crippen molar-refractivity contribution in [1.29, 1.82) is 0 Å². The van der Waals surface area contributed by atoms with Crippen LogP contribution in [-0.4, -0.2) is 6.61 Å². The third-order valence-corrected chi connectivity index (χ3v) is 4.08. The van der Waals surface area contributed by atoms with Gasteiger partial charge in [-0.15, -0.1) is 0 Å². The summed E-state index contributed by atoms with van der Waals surface area (Å²) in [5.41, 5.74) is 2.27. The van der Waals surface area contributed by atoms with Crippen LogP contribution in [0.15, 0.2) is 21.3 Å². The predicted octanol–water partition coefficient (Wildman–Crippen LogP) is 4.11. The summed E-state index contributed by atoms with van der Waals surface area (Å²) in [5.74, 6) is 0.591. The van der Waals surface area contributed by atoms with E-state index >= 15 is 0 Å². The second-order valence-electron chi connectivity index (χ2n) is 5.18. The number of benzene rings is 1. The van der Waals surface area contributed by atoms with Crippen molar-refractivity contribution in [3.05, 3.63) is 38.7 Å². The number of unbranched alkanes of at least 4 members (excludes halogenated alkanes) is 1. The molecule has 0 unspecified atom stereocenters. The van der Waals surface area contributed by atoms with Crippen molar-refractivity contribution in [3.63, 3.8) is 0 Å². The summed E-state index contributed by atoms with van der Waals surface area (Å²) >= 11 is 6.28. The predicted molar refractivity (Wildman–Crippen MR) is 79.9 cm³/mol. The van der Waals surface area contributed by atoms with Crippen molar-refractivity contribution in [3.8, 4) is 5.75 Å². The monoisotopic (exact) mass is 292 g/mol. The molecule has 2 aromatic rings. The smallest absolute Gasteiger partial charge is 0.339 e. The van der Waals surface area contributed by atoms with E-state index in [1.165, 1.54) is 0 Å². The Balaban J connectivity index is 2.08. The van der Waals surface area contributed by atoms with Gasteiger partial charge >= 0.3 is 5.63 Å². The van der Waals surface area contributed by atoms with Gasteiger partial charge in [-0.2, -0.15) is 0 Å². The van der Waals surface area contributed by atoms with E-state index in [0.717, 1.165) is 48.6 Å². The quantitative estimate of drug-likeness (QED) is 0.629. The van der Waals surface area contributed by atoms with Crippen LogP contribution in [0.25, 0.3) is 11.0 Å². The number of hydrogen-bond donors (Lipinski definition) is 0. The van der Waals surface area contributed by atoms with Crippen molar-refractivity contribution >= 4 is 22.6 Å². The molecule has 0 bridgehead atoms. The maximum atomic E-state index is 11.9. The summed E-state index contributed by atoms with van der Waals surface area (Å²) in [6.45, 7) is 2.73. The Morgan fingerprint density at radius 3 is 2.90 bits per heavy atom. The Kier molecular flexibility index (Phi) is 3.70. The van der Waals surface area contributed by atoms with Gasteiger partial charge in [0, 0.05) is 17.0 Å². The zero-order valence-corrected chi connectivity index (χ0v) is 12.3. The molecule has 1 aromatic carbocycles. The van der Waals surface area contributed by atoms with Gasteiger partial charge in [-0.1, -0.05) is 24.9 Å². The van der Waals surface area contributed by atoms with Gasteiger partial charge in [-0.25, -0.2) is 4.79 Å². The topological polar surface area (TPSA) is 39.4 Å². The van der Waals surface area contributed by atoms with Gasteiger partial charge in [0.25, 0.3) is 0 Å². The molecule has 0 saturated heterocycles. The Labute approximate surface area is 122 Å². The van der Waals surface area contributed by atoms with Gasteiger partial charge in [-0.05, 0) is 37.3 Å². The summed E-state index contributed by atoms with van der Waals surface area (Å²) in [6.07, 6.45) is 4.77. The average molecular weight is 293 g/mol. The van der Waals surface area contributed by atoms with Crippen LogP contribution < -0.4 is 10.4 Å². The van der Waals surface area contributed by atoms with E-state index in [0.29, 0.717) is 23.0 Å². The van der Waals surface area contributed by atoms with E-state index in [-0.39, 0.29) is 5.63 Å². The van der Waals surface area contributed by atoms with Gasteiger partial charge in [0.2, 0.25) is 0 Å². The molecule has 0 aliphatic heterocycles. The van der Waals surface area contributed by atoms with Crippen LogP contribution in [0.1, 0.15) is 37.3 Å². The van der Waals surface area contributed by atoms with E-state index in [4.69, 9.17) is 20.8 Å². The van der Waals surface area contributed by atoms with Crippen LogP contribution >= 0.6 is 11.6 Å².